The van der Waals surface area contributed by atoms with Gasteiger partial charge in [-0.15, -0.1) is 11.3 Å². The van der Waals surface area contributed by atoms with Crippen molar-refractivity contribution in [2.24, 2.45) is 0 Å². The Bertz CT molecular complexity index is 472. The van der Waals surface area contributed by atoms with Crippen molar-refractivity contribution < 1.29 is 0 Å². The van der Waals surface area contributed by atoms with E-state index in [1.807, 2.05) is 6.07 Å². The zero-order chi connectivity index (χ0) is 11.5. The number of hydrogen-bond acceptors (Lipinski definition) is 3. The number of piperidine rings is 1. The van der Waals surface area contributed by atoms with Gasteiger partial charge in [-0.1, -0.05) is 30.3 Å². The van der Waals surface area contributed by atoms with Crippen molar-refractivity contribution in [2.45, 2.75) is 18.8 Å². The molecule has 1 fully saturated rings. The molecule has 3 heteroatoms. The summed E-state index contributed by atoms with van der Waals surface area (Å²) in [6.45, 7) is 2.25. The first-order valence-corrected chi connectivity index (χ1v) is 7.03. The topological polar surface area (TPSA) is 24.9 Å². The highest BCUT2D eigenvalue weighted by atomic mass is 32.1. The number of aromatic nitrogens is 1. The Morgan fingerprint density at radius 2 is 2.12 bits per heavy atom. The summed E-state index contributed by atoms with van der Waals surface area (Å²) < 4.78 is 0. The molecule has 0 saturated carbocycles. The molecule has 2 heterocycles. The zero-order valence-electron chi connectivity index (χ0n) is 9.73. The van der Waals surface area contributed by atoms with Crippen LogP contribution in [0.15, 0.2) is 35.7 Å². The van der Waals surface area contributed by atoms with Gasteiger partial charge in [0.15, 0.2) is 0 Å². The fourth-order valence-electron chi connectivity index (χ4n) is 2.28. The van der Waals surface area contributed by atoms with Crippen LogP contribution in [-0.2, 0) is 0 Å². The Balaban J connectivity index is 1.83. The van der Waals surface area contributed by atoms with E-state index >= 15 is 0 Å². The molecule has 88 valence electrons. The lowest BCUT2D eigenvalue weighted by Crippen LogP contribution is -2.28. The minimum Gasteiger partial charge on any atom is -0.316 e. The Hall–Kier alpha value is -1.19. The third kappa shape index (κ3) is 2.40. The van der Waals surface area contributed by atoms with E-state index in [1.165, 1.54) is 23.4 Å². The monoisotopic (exact) mass is 244 g/mol. The van der Waals surface area contributed by atoms with Gasteiger partial charge in [-0.25, -0.2) is 4.98 Å². The van der Waals surface area contributed by atoms with E-state index in [4.69, 9.17) is 4.98 Å². The van der Waals surface area contributed by atoms with Crippen molar-refractivity contribution in [3.8, 4) is 11.3 Å². The summed E-state index contributed by atoms with van der Waals surface area (Å²) in [5, 5.41) is 6.92. The van der Waals surface area contributed by atoms with Gasteiger partial charge in [0.25, 0.3) is 0 Å². The lowest BCUT2D eigenvalue weighted by atomic mass is 10.0. The largest absolute Gasteiger partial charge is 0.316 e. The maximum Gasteiger partial charge on any atom is 0.0976 e. The van der Waals surface area contributed by atoms with Gasteiger partial charge in [-0.2, -0.15) is 0 Å². The van der Waals surface area contributed by atoms with Crippen molar-refractivity contribution in [3.05, 3.63) is 40.7 Å². The second-order valence-corrected chi connectivity index (χ2v) is 5.37. The zero-order valence-corrected chi connectivity index (χ0v) is 10.5. The summed E-state index contributed by atoms with van der Waals surface area (Å²) in [4.78, 5) is 4.78. The van der Waals surface area contributed by atoms with Gasteiger partial charge < -0.3 is 5.32 Å². The smallest absolute Gasteiger partial charge is 0.0976 e. The van der Waals surface area contributed by atoms with Gasteiger partial charge in [-0.05, 0) is 19.4 Å². The highest BCUT2D eigenvalue weighted by molar-refractivity contribution is 7.10. The second-order valence-electron chi connectivity index (χ2n) is 4.48. The molecule has 3 rings (SSSR count). The van der Waals surface area contributed by atoms with Crippen LogP contribution in [-0.4, -0.2) is 18.1 Å². The molecule has 1 N–H and O–H groups in total. The molecule has 0 aliphatic carbocycles. The summed E-state index contributed by atoms with van der Waals surface area (Å²) in [5.74, 6) is 0.617. The van der Waals surface area contributed by atoms with Crippen LogP contribution in [0.3, 0.4) is 0 Å². The van der Waals surface area contributed by atoms with Crippen LogP contribution in [0.5, 0.6) is 0 Å². The molecular weight excluding hydrogens is 228 g/mol. The molecule has 0 bridgehead atoms. The number of benzene rings is 1. The third-order valence-corrected chi connectivity index (χ3v) is 4.24. The number of thiazole rings is 1. The summed E-state index contributed by atoms with van der Waals surface area (Å²) >= 11 is 1.80. The van der Waals surface area contributed by atoms with Gasteiger partial charge in [-0.3, -0.25) is 0 Å². The van der Waals surface area contributed by atoms with Crippen LogP contribution >= 0.6 is 11.3 Å². The fourth-order valence-corrected chi connectivity index (χ4v) is 3.25. The molecule has 17 heavy (non-hydrogen) atoms. The molecule has 1 aliphatic rings. The first kappa shape index (κ1) is 10.9. The molecule has 1 aromatic carbocycles. The molecule has 1 atom stereocenters. The van der Waals surface area contributed by atoms with Crippen molar-refractivity contribution in [2.75, 3.05) is 13.1 Å². The Morgan fingerprint density at radius 3 is 2.88 bits per heavy atom. The van der Waals surface area contributed by atoms with Crippen molar-refractivity contribution >= 4 is 11.3 Å². The average Bonchev–Trinajstić information content (AvgIpc) is 2.90. The van der Waals surface area contributed by atoms with Crippen LogP contribution in [0.2, 0.25) is 0 Å². The Morgan fingerprint density at radius 1 is 1.24 bits per heavy atom. The average molecular weight is 244 g/mol. The highest BCUT2D eigenvalue weighted by Crippen LogP contribution is 2.29. The van der Waals surface area contributed by atoms with Gasteiger partial charge >= 0.3 is 0 Å². The predicted molar refractivity (Wildman–Crippen MR) is 72.4 cm³/mol. The van der Waals surface area contributed by atoms with Crippen molar-refractivity contribution in [1.29, 1.82) is 0 Å². The van der Waals surface area contributed by atoms with Crippen LogP contribution in [0.4, 0.5) is 0 Å². The first-order chi connectivity index (χ1) is 8.43. The number of hydrogen-bond donors (Lipinski definition) is 1. The number of nitrogens with one attached hydrogen (secondary N) is 1. The van der Waals surface area contributed by atoms with Crippen LogP contribution in [0.1, 0.15) is 23.8 Å². The van der Waals surface area contributed by atoms with Gasteiger partial charge in [0, 0.05) is 23.4 Å². The van der Waals surface area contributed by atoms with Crippen LogP contribution < -0.4 is 5.32 Å². The fraction of sp³-hybridized carbons (Fsp3) is 0.357. The predicted octanol–water partition coefficient (Wildman–Crippen LogP) is 3.28. The Labute approximate surface area is 106 Å². The maximum absolute atomic E-state index is 4.78. The standard InChI is InChI=1S/C14H16N2S/c1-2-5-11(6-3-1)13-10-17-14(16-13)12-7-4-8-15-9-12/h1-3,5-6,10,12,15H,4,7-9H2/t12-/m0/s1. The minimum atomic E-state index is 0.617. The highest BCUT2D eigenvalue weighted by Gasteiger charge is 2.18. The Kier molecular flexibility index (Phi) is 3.20. The minimum absolute atomic E-state index is 0.617. The quantitative estimate of drug-likeness (QED) is 0.877. The van der Waals surface area contributed by atoms with Gasteiger partial charge in [0.1, 0.15) is 0 Å². The SMILES string of the molecule is c1ccc(-c2csc([C@H]3CCCNC3)n2)cc1. The second kappa shape index (κ2) is 4.98. The molecule has 2 aromatic rings. The van der Waals surface area contributed by atoms with Crippen molar-refractivity contribution in [1.82, 2.24) is 10.3 Å². The van der Waals surface area contributed by atoms with E-state index in [2.05, 4.69) is 35.0 Å². The third-order valence-electron chi connectivity index (χ3n) is 3.24. The van der Waals surface area contributed by atoms with Gasteiger partial charge in [0.2, 0.25) is 0 Å². The lowest BCUT2D eigenvalue weighted by molar-refractivity contribution is 0.460. The summed E-state index contributed by atoms with van der Waals surface area (Å²) in [7, 11) is 0. The summed E-state index contributed by atoms with van der Waals surface area (Å²) in [6, 6.07) is 10.4. The molecule has 1 saturated heterocycles. The molecule has 1 aromatic heterocycles. The lowest BCUT2D eigenvalue weighted by Gasteiger charge is -2.20. The van der Waals surface area contributed by atoms with Crippen LogP contribution in [0, 0.1) is 0 Å². The normalized spacial score (nSPS) is 20.4. The van der Waals surface area contributed by atoms with E-state index in [1.54, 1.807) is 11.3 Å². The van der Waals surface area contributed by atoms with E-state index < -0.39 is 0 Å². The number of nitrogens with zero attached hydrogens (tertiary/aromatic N) is 1. The molecule has 0 radical (unpaired) electrons. The summed E-state index contributed by atoms with van der Waals surface area (Å²) in [6.07, 6.45) is 2.54. The van der Waals surface area contributed by atoms with E-state index in [0.717, 1.165) is 18.8 Å². The maximum atomic E-state index is 4.78. The molecule has 0 spiro atoms. The first-order valence-electron chi connectivity index (χ1n) is 6.15. The molecule has 0 unspecified atom stereocenters. The molecular formula is C14H16N2S. The van der Waals surface area contributed by atoms with E-state index in [9.17, 15) is 0 Å². The summed E-state index contributed by atoms with van der Waals surface area (Å²) in [5.41, 5.74) is 2.34. The van der Waals surface area contributed by atoms with E-state index in [-0.39, 0.29) is 0 Å². The molecule has 1 aliphatic heterocycles. The van der Waals surface area contributed by atoms with Gasteiger partial charge in [0.05, 0.1) is 10.7 Å². The molecule has 0 amide bonds. The van der Waals surface area contributed by atoms with Crippen LogP contribution in [0.25, 0.3) is 11.3 Å². The van der Waals surface area contributed by atoms with Crippen molar-refractivity contribution in [3.63, 3.8) is 0 Å². The van der Waals surface area contributed by atoms with E-state index in [0.29, 0.717) is 5.92 Å². The molecule has 2 nitrogen and oxygen atoms in total. The number of rotatable bonds is 2.